The Kier molecular flexibility index (Phi) is 4.15. The number of nitrogens with one attached hydrogen (secondary N) is 1. The lowest BCUT2D eigenvalue weighted by Gasteiger charge is -2.19. The van der Waals surface area contributed by atoms with E-state index in [4.69, 9.17) is 9.47 Å². The smallest absolute Gasteiger partial charge is 0.248 e. The van der Waals surface area contributed by atoms with Gasteiger partial charge in [-0.2, -0.15) is 5.10 Å². The Morgan fingerprint density at radius 2 is 2.09 bits per heavy atom. The number of aromatic nitrogens is 2. The van der Waals surface area contributed by atoms with E-state index in [1.807, 2.05) is 13.2 Å². The molecule has 0 radical (unpaired) electrons. The Morgan fingerprint density at radius 1 is 1.36 bits per heavy atom. The largest absolute Gasteiger partial charge is 0.486 e. The molecule has 22 heavy (non-hydrogen) atoms. The lowest BCUT2D eigenvalue weighted by molar-refractivity contribution is -0.111. The van der Waals surface area contributed by atoms with Gasteiger partial charge < -0.3 is 14.8 Å². The van der Waals surface area contributed by atoms with E-state index < -0.39 is 0 Å². The maximum Gasteiger partial charge on any atom is 0.248 e. The van der Waals surface area contributed by atoms with Crippen molar-refractivity contribution in [3.05, 3.63) is 40.6 Å². The zero-order chi connectivity index (χ0) is 15.5. The number of fused-ring (bicyclic) bond motifs is 1. The first kappa shape index (κ1) is 14.6. The minimum Gasteiger partial charge on any atom is -0.486 e. The van der Waals surface area contributed by atoms with Crippen molar-refractivity contribution < 1.29 is 14.3 Å². The second-order valence-corrected chi connectivity index (χ2v) is 5.60. The normalized spacial score (nSPS) is 13.4. The van der Waals surface area contributed by atoms with Gasteiger partial charge in [0.15, 0.2) is 11.5 Å². The molecular formula is C15H14BrN3O3. The predicted octanol–water partition coefficient (Wildman–Crippen LogP) is 2.61. The summed E-state index contributed by atoms with van der Waals surface area (Å²) in [6.45, 7) is 1.03. The molecule has 1 N–H and O–H groups in total. The summed E-state index contributed by atoms with van der Waals surface area (Å²) < 4.78 is 13.4. The molecule has 2 aromatic rings. The summed E-state index contributed by atoms with van der Waals surface area (Å²) in [6.07, 6.45) is 6.67. The SMILES string of the molecule is Cn1cc(/C=C/C(=O)Nc2cc3c(cc2Br)OCCO3)cn1. The number of nitrogens with zero attached hydrogens (tertiary/aromatic N) is 2. The van der Waals surface area contributed by atoms with Gasteiger partial charge in [0.25, 0.3) is 0 Å². The van der Waals surface area contributed by atoms with Crippen LogP contribution in [0.1, 0.15) is 5.56 Å². The zero-order valence-corrected chi connectivity index (χ0v) is 13.5. The highest BCUT2D eigenvalue weighted by molar-refractivity contribution is 9.10. The van der Waals surface area contributed by atoms with Crippen LogP contribution >= 0.6 is 15.9 Å². The molecule has 1 aromatic heterocycles. The van der Waals surface area contributed by atoms with Gasteiger partial charge in [0, 0.05) is 41.5 Å². The molecule has 2 heterocycles. The molecule has 3 rings (SSSR count). The standard InChI is InChI=1S/C15H14BrN3O3/c1-19-9-10(8-17-19)2-3-15(20)18-12-7-14-13(6-11(12)16)21-4-5-22-14/h2-3,6-9H,4-5H2,1H3,(H,18,20)/b3-2+. The number of halogens is 1. The van der Waals surface area contributed by atoms with Crippen molar-refractivity contribution in [1.29, 1.82) is 0 Å². The van der Waals surface area contributed by atoms with E-state index in [0.717, 1.165) is 10.0 Å². The van der Waals surface area contributed by atoms with Crippen molar-refractivity contribution in [2.75, 3.05) is 18.5 Å². The maximum atomic E-state index is 12.0. The van der Waals surface area contributed by atoms with Crippen molar-refractivity contribution in [2.45, 2.75) is 0 Å². The maximum absolute atomic E-state index is 12.0. The van der Waals surface area contributed by atoms with E-state index in [0.29, 0.717) is 30.4 Å². The van der Waals surface area contributed by atoms with Gasteiger partial charge in [0.2, 0.25) is 5.91 Å². The molecule has 1 aliphatic rings. The van der Waals surface area contributed by atoms with Gasteiger partial charge in [0.1, 0.15) is 13.2 Å². The van der Waals surface area contributed by atoms with Gasteiger partial charge in [-0.3, -0.25) is 9.48 Å². The minimum absolute atomic E-state index is 0.235. The summed E-state index contributed by atoms with van der Waals surface area (Å²) in [5, 5.41) is 6.84. The number of rotatable bonds is 3. The monoisotopic (exact) mass is 363 g/mol. The summed E-state index contributed by atoms with van der Waals surface area (Å²) >= 11 is 3.42. The first-order chi connectivity index (χ1) is 10.6. The van der Waals surface area contributed by atoms with Crippen molar-refractivity contribution in [1.82, 2.24) is 9.78 Å². The fourth-order valence-corrected chi connectivity index (χ4v) is 2.45. The molecular weight excluding hydrogens is 350 g/mol. The molecule has 0 saturated heterocycles. The number of hydrogen-bond donors (Lipinski definition) is 1. The Balaban J connectivity index is 1.72. The van der Waals surface area contributed by atoms with E-state index in [9.17, 15) is 4.79 Å². The number of amides is 1. The molecule has 0 fully saturated rings. The molecule has 0 unspecified atom stereocenters. The number of anilines is 1. The van der Waals surface area contributed by atoms with Crippen LogP contribution in [0, 0.1) is 0 Å². The summed E-state index contributed by atoms with van der Waals surface area (Å²) in [6, 6.07) is 3.53. The minimum atomic E-state index is -0.235. The van der Waals surface area contributed by atoms with Crippen molar-refractivity contribution in [2.24, 2.45) is 7.05 Å². The van der Waals surface area contributed by atoms with Crippen LogP contribution < -0.4 is 14.8 Å². The molecule has 0 bridgehead atoms. The van der Waals surface area contributed by atoms with Crippen LogP contribution in [0.25, 0.3) is 6.08 Å². The second-order valence-electron chi connectivity index (χ2n) is 4.75. The van der Waals surface area contributed by atoms with Crippen molar-refractivity contribution in [3.63, 3.8) is 0 Å². The molecule has 114 valence electrons. The number of carbonyl (C=O) groups is 1. The van der Waals surface area contributed by atoms with Crippen LogP contribution in [0.5, 0.6) is 11.5 Å². The van der Waals surface area contributed by atoms with E-state index in [2.05, 4.69) is 26.3 Å². The van der Waals surface area contributed by atoms with Gasteiger partial charge in [-0.1, -0.05) is 0 Å². The summed E-state index contributed by atoms with van der Waals surface area (Å²) in [7, 11) is 1.82. The molecule has 1 amide bonds. The molecule has 0 aliphatic carbocycles. The molecule has 6 nitrogen and oxygen atoms in total. The van der Waals surface area contributed by atoms with Crippen LogP contribution in [-0.4, -0.2) is 28.9 Å². The van der Waals surface area contributed by atoms with Crippen molar-refractivity contribution in [3.8, 4) is 11.5 Å². The molecule has 0 saturated carbocycles. The Morgan fingerprint density at radius 3 is 2.77 bits per heavy atom. The first-order valence-corrected chi connectivity index (χ1v) is 7.48. The fraction of sp³-hybridized carbons (Fsp3) is 0.200. The number of benzene rings is 1. The Bertz CT molecular complexity index is 740. The summed E-state index contributed by atoms with van der Waals surface area (Å²) in [5.74, 6) is 1.06. The lowest BCUT2D eigenvalue weighted by Crippen LogP contribution is -2.16. The van der Waals surface area contributed by atoms with E-state index in [-0.39, 0.29) is 5.91 Å². The summed E-state index contributed by atoms with van der Waals surface area (Å²) in [5.41, 5.74) is 1.49. The second kappa shape index (κ2) is 6.23. The number of hydrogen-bond acceptors (Lipinski definition) is 4. The first-order valence-electron chi connectivity index (χ1n) is 6.69. The lowest BCUT2D eigenvalue weighted by atomic mass is 10.2. The van der Waals surface area contributed by atoms with E-state index >= 15 is 0 Å². The van der Waals surface area contributed by atoms with Gasteiger partial charge >= 0.3 is 0 Å². The van der Waals surface area contributed by atoms with Crippen LogP contribution in [0.15, 0.2) is 35.1 Å². The topological polar surface area (TPSA) is 65.4 Å². The quantitative estimate of drug-likeness (QED) is 0.851. The van der Waals surface area contributed by atoms with Gasteiger partial charge in [-0.15, -0.1) is 0 Å². The fourth-order valence-electron chi connectivity index (χ4n) is 2.03. The summed E-state index contributed by atoms with van der Waals surface area (Å²) in [4.78, 5) is 12.0. The average Bonchev–Trinajstić information content (AvgIpc) is 2.91. The van der Waals surface area contributed by atoms with Gasteiger partial charge in [-0.25, -0.2) is 0 Å². The molecule has 0 spiro atoms. The van der Waals surface area contributed by atoms with Crippen LogP contribution in [0.2, 0.25) is 0 Å². The van der Waals surface area contributed by atoms with Crippen molar-refractivity contribution >= 4 is 33.6 Å². The van der Waals surface area contributed by atoms with Gasteiger partial charge in [0.05, 0.1) is 11.9 Å². The Labute approximate surface area is 135 Å². The molecule has 1 aliphatic heterocycles. The number of ether oxygens (including phenoxy) is 2. The highest BCUT2D eigenvalue weighted by Gasteiger charge is 2.15. The number of aryl methyl sites for hydroxylation is 1. The number of carbonyl (C=O) groups excluding carboxylic acids is 1. The van der Waals surface area contributed by atoms with Gasteiger partial charge in [-0.05, 0) is 22.0 Å². The molecule has 1 aromatic carbocycles. The van der Waals surface area contributed by atoms with E-state index in [1.54, 1.807) is 29.1 Å². The third kappa shape index (κ3) is 3.30. The molecule has 7 heteroatoms. The zero-order valence-electron chi connectivity index (χ0n) is 11.9. The molecule has 0 atom stereocenters. The Hall–Kier alpha value is -2.28. The highest BCUT2D eigenvalue weighted by atomic mass is 79.9. The third-order valence-electron chi connectivity index (χ3n) is 3.04. The average molecular weight is 364 g/mol. The predicted molar refractivity (Wildman–Crippen MR) is 86.0 cm³/mol. The third-order valence-corrected chi connectivity index (χ3v) is 3.70. The highest BCUT2D eigenvalue weighted by Crippen LogP contribution is 2.38. The van der Waals surface area contributed by atoms with Crippen LogP contribution in [-0.2, 0) is 11.8 Å². The van der Waals surface area contributed by atoms with Crippen LogP contribution in [0.4, 0.5) is 5.69 Å². The van der Waals surface area contributed by atoms with E-state index in [1.165, 1.54) is 6.08 Å². The van der Waals surface area contributed by atoms with Crippen LogP contribution in [0.3, 0.4) is 0 Å².